The molecule has 0 spiro atoms. The number of pyridine rings is 1. The number of carbonyl (C=O) groups is 2. The van der Waals surface area contributed by atoms with Crippen molar-refractivity contribution >= 4 is 44.9 Å². The van der Waals surface area contributed by atoms with Crippen LogP contribution in [0, 0.1) is 11.8 Å². The number of nitrogens with two attached hydrogens (primary N) is 1. The fourth-order valence-electron chi connectivity index (χ4n) is 5.19. The molecule has 4 rings (SSSR count). The topological polar surface area (TPSA) is 113 Å². The van der Waals surface area contributed by atoms with Crippen molar-refractivity contribution in [2.75, 3.05) is 37.7 Å². The van der Waals surface area contributed by atoms with Crippen LogP contribution in [0.4, 0.5) is 11.5 Å². The van der Waals surface area contributed by atoms with Gasteiger partial charge in [0.25, 0.3) is 0 Å². The number of likely N-dealkylation sites (tertiary alicyclic amines) is 1. The van der Waals surface area contributed by atoms with Gasteiger partial charge in [-0.25, -0.2) is 9.97 Å². The standard InChI is InChI=1S/C29H40N6O2S/c1-5-21-14-22(16-31-26(21)30)33-28(37)27(36)32-15-18(2)7-6-8-20-9-10-25-24(13-20)34-29(38-25)23-11-12-35(4)17-19(23)3/h9-10,13-14,16,18-19,23H,5-8,11-12,15,17H2,1-4H3,(H2,30,31)(H,32,36)(H,33,37)/t18-,19+,23+/m0/s1. The first-order valence-corrected chi connectivity index (χ1v) is 14.5. The predicted molar refractivity (Wildman–Crippen MR) is 155 cm³/mol. The molecule has 3 atom stereocenters. The van der Waals surface area contributed by atoms with Crippen LogP contribution in [0.5, 0.6) is 0 Å². The van der Waals surface area contributed by atoms with Crippen molar-refractivity contribution in [3.05, 3.63) is 46.6 Å². The number of hydrogen-bond donors (Lipinski definition) is 3. The fourth-order valence-corrected chi connectivity index (χ4v) is 6.41. The molecule has 3 aromatic rings. The Morgan fingerprint density at radius 3 is 2.84 bits per heavy atom. The Morgan fingerprint density at radius 1 is 1.26 bits per heavy atom. The summed E-state index contributed by atoms with van der Waals surface area (Å²) >= 11 is 1.85. The number of fused-ring (bicyclic) bond motifs is 1. The Balaban J connectivity index is 1.21. The maximum Gasteiger partial charge on any atom is 0.313 e. The third-order valence-electron chi connectivity index (χ3n) is 7.51. The average molecular weight is 537 g/mol. The van der Waals surface area contributed by atoms with E-state index in [4.69, 9.17) is 10.7 Å². The van der Waals surface area contributed by atoms with Crippen LogP contribution in [0.1, 0.15) is 62.1 Å². The van der Waals surface area contributed by atoms with E-state index in [9.17, 15) is 9.59 Å². The lowest BCUT2D eigenvalue weighted by molar-refractivity contribution is -0.136. The van der Waals surface area contributed by atoms with Crippen molar-refractivity contribution in [2.24, 2.45) is 11.8 Å². The molecule has 0 bridgehead atoms. The third-order valence-corrected chi connectivity index (χ3v) is 8.68. The molecule has 0 radical (unpaired) electrons. The van der Waals surface area contributed by atoms with Gasteiger partial charge in [0, 0.05) is 19.0 Å². The number of rotatable bonds is 9. The molecule has 0 saturated carbocycles. The Labute approximate surface area is 229 Å². The van der Waals surface area contributed by atoms with E-state index in [1.165, 1.54) is 27.9 Å². The molecule has 4 N–H and O–H groups in total. The minimum Gasteiger partial charge on any atom is -0.383 e. The first-order valence-electron chi connectivity index (χ1n) is 13.6. The highest BCUT2D eigenvalue weighted by atomic mass is 32.1. The second kappa shape index (κ2) is 12.7. The molecule has 9 heteroatoms. The number of nitrogens with zero attached hydrogens (tertiary/aromatic N) is 3. The predicted octanol–water partition coefficient (Wildman–Crippen LogP) is 4.60. The summed E-state index contributed by atoms with van der Waals surface area (Å²) in [6.45, 7) is 9.11. The number of carbonyl (C=O) groups excluding carboxylic acids is 2. The molecular formula is C29H40N6O2S. The van der Waals surface area contributed by atoms with Gasteiger partial charge in [0.2, 0.25) is 0 Å². The third kappa shape index (κ3) is 7.08. The normalized spacial score (nSPS) is 18.8. The molecule has 2 aromatic heterocycles. The number of aryl methyl sites for hydroxylation is 2. The number of benzene rings is 1. The van der Waals surface area contributed by atoms with E-state index in [0.717, 1.165) is 43.4 Å². The molecule has 0 unspecified atom stereocenters. The number of nitrogen functional groups attached to an aromatic ring is 1. The van der Waals surface area contributed by atoms with Crippen LogP contribution in [0.25, 0.3) is 10.2 Å². The quantitative estimate of drug-likeness (QED) is 0.344. The van der Waals surface area contributed by atoms with Gasteiger partial charge in [-0.15, -0.1) is 11.3 Å². The van der Waals surface area contributed by atoms with E-state index in [2.05, 4.69) is 59.6 Å². The number of aromatic nitrogens is 2. The van der Waals surface area contributed by atoms with Crippen molar-refractivity contribution < 1.29 is 9.59 Å². The number of thiazole rings is 1. The lowest BCUT2D eigenvalue weighted by Crippen LogP contribution is -2.37. The summed E-state index contributed by atoms with van der Waals surface area (Å²) in [5.41, 5.74) is 9.51. The zero-order chi connectivity index (χ0) is 27.2. The monoisotopic (exact) mass is 536 g/mol. The van der Waals surface area contributed by atoms with Gasteiger partial charge in [0.15, 0.2) is 0 Å². The van der Waals surface area contributed by atoms with E-state index in [0.29, 0.717) is 36.3 Å². The molecule has 1 aromatic carbocycles. The first kappa shape index (κ1) is 28.0. The second-order valence-electron chi connectivity index (χ2n) is 10.8. The lowest BCUT2D eigenvalue weighted by atomic mass is 9.88. The summed E-state index contributed by atoms with van der Waals surface area (Å²) in [5.74, 6) is 0.541. The minimum atomic E-state index is -0.698. The molecule has 8 nitrogen and oxygen atoms in total. The van der Waals surface area contributed by atoms with Gasteiger partial charge in [-0.05, 0) is 86.9 Å². The Bertz CT molecular complexity index is 1280. The van der Waals surface area contributed by atoms with E-state index >= 15 is 0 Å². The highest BCUT2D eigenvalue weighted by Crippen LogP contribution is 2.37. The Morgan fingerprint density at radius 2 is 2.08 bits per heavy atom. The Kier molecular flexibility index (Phi) is 9.33. The SMILES string of the molecule is CCc1cc(NC(=O)C(=O)NC[C@@H](C)CCCc2ccc3sc([C@@H]4CCN(C)C[C@H]4C)nc3c2)cnc1N. The van der Waals surface area contributed by atoms with Crippen LogP contribution in [-0.2, 0) is 22.4 Å². The van der Waals surface area contributed by atoms with E-state index in [-0.39, 0.29) is 5.92 Å². The smallest absolute Gasteiger partial charge is 0.313 e. The Hall–Kier alpha value is -3.04. The molecule has 1 aliphatic rings. The van der Waals surface area contributed by atoms with Crippen molar-refractivity contribution in [1.82, 2.24) is 20.2 Å². The van der Waals surface area contributed by atoms with Gasteiger partial charge < -0.3 is 21.3 Å². The van der Waals surface area contributed by atoms with Crippen LogP contribution in [0.2, 0.25) is 0 Å². The maximum absolute atomic E-state index is 12.3. The first-order chi connectivity index (χ1) is 18.2. The van der Waals surface area contributed by atoms with Crippen LogP contribution in [0.15, 0.2) is 30.5 Å². The molecule has 38 heavy (non-hydrogen) atoms. The van der Waals surface area contributed by atoms with Crippen molar-refractivity contribution in [3.8, 4) is 0 Å². The van der Waals surface area contributed by atoms with Crippen LogP contribution in [-0.4, -0.2) is 53.4 Å². The number of hydrogen-bond acceptors (Lipinski definition) is 7. The number of anilines is 2. The molecular weight excluding hydrogens is 496 g/mol. The summed E-state index contributed by atoms with van der Waals surface area (Å²) in [5, 5.41) is 6.63. The van der Waals surface area contributed by atoms with Gasteiger partial charge in [-0.2, -0.15) is 0 Å². The van der Waals surface area contributed by atoms with Crippen LogP contribution < -0.4 is 16.4 Å². The molecule has 1 saturated heterocycles. The van der Waals surface area contributed by atoms with Crippen molar-refractivity contribution in [1.29, 1.82) is 0 Å². The summed E-state index contributed by atoms with van der Waals surface area (Å²) < 4.78 is 1.27. The molecule has 204 valence electrons. The van der Waals surface area contributed by atoms with E-state index < -0.39 is 11.8 Å². The van der Waals surface area contributed by atoms with Crippen LogP contribution >= 0.6 is 11.3 Å². The number of nitrogens with one attached hydrogen (secondary N) is 2. The van der Waals surface area contributed by atoms with Crippen molar-refractivity contribution in [3.63, 3.8) is 0 Å². The summed E-state index contributed by atoms with van der Waals surface area (Å²) in [6, 6.07) is 8.42. The lowest BCUT2D eigenvalue weighted by Gasteiger charge is -2.33. The number of amides is 2. The maximum atomic E-state index is 12.3. The summed E-state index contributed by atoms with van der Waals surface area (Å²) in [6.07, 6.45) is 6.27. The second-order valence-corrected chi connectivity index (χ2v) is 11.8. The average Bonchev–Trinajstić information content (AvgIpc) is 3.31. The van der Waals surface area contributed by atoms with E-state index in [1.54, 1.807) is 6.07 Å². The number of piperidine rings is 1. The fraction of sp³-hybridized carbons (Fsp3) is 0.517. The zero-order valence-electron chi connectivity index (χ0n) is 22.9. The van der Waals surface area contributed by atoms with E-state index in [1.807, 2.05) is 18.3 Å². The zero-order valence-corrected chi connectivity index (χ0v) is 23.7. The van der Waals surface area contributed by atoms with Crippen molar-refractivity contribution in [2.45, 2.75) is 58.8 Å². The van der Waals surface area contributed by atoms with Gasteiger partial charge in [0.05, 0.1) is 27.1 Å². The minimum absolute atomic E-state index is 0.261. The van der Waals surface area contributed by atoms with Gasteiger partial charge in [-0.3, -0.25) is 9.59 Å². The van der Waals surface area contributed by atoms with Gasteiger partial charge in [-0.1, -0.05) is 26.8 Å². The highest BCUT2D eigenvalue weighted by Gasteiger charge is 2.28. The molecule has 3 heterocycles. The molecule has 1 aliphatic heterocycles. The summed E-state index contributed by atoms with van der Waals surface area (Å²) in [7, 11) is 2.20. The molecule has 0 aliphatic carbocycles. The van der Waals surface area contributed by atoms with Gasteiger partial charge in [0.1, 0.15) is 5.82 Å². The highest BCUT2D eigenvalue weighted by molar-refractivity contribution is 7.18. The van der Waals surface area contributed by atoms with Crippen LogP contribution in [0.3, 0.4) is 0 Å². The molecule has 2 amide bonds. The van der Waals surface area contributed by atoms with Gasteiger partial charge >= 0.3 is 11.8 Å². The largest absolute Gasteiger partial charge is 0.383 e. The summed E-state index contributed by atoms with van der Waals surface area (Å²) in [4.78, 5) is 36.0. The molecule has 1 fully saturated rings.